The van der Waals surface area contributed by atoms with Crippen LogP contribution in [-0.2, 0) is 16.6 Å². The van der Waals surface area contributed by atoms with Crippen LogP contribution in [-0.4, -0.2) is 37.1 Å². The van der Waals surface area contributed by atoms with Crippen molar-refractivity contribution in [2.24, 2.45) is 4.99 Å². The maximum atomic E-state index is 13.5. The van der Waals surface area contributed by atoms with Crippen molar-refractivity contribution in [3.63, 3.8) is 0 Å². The maximum Gasteiger partial charge on any atom is 0.400 e. The van der Waals surface area contributed by atoms with Crippen LogP contribution in [0.3, 0.4) is 0 Å². The normalized spacial score (nSPS) is 15.6. The van der Waals surface area contributed by atoms with E-state index in [-0.39, 0.29) is 23.1 Å². The van der Waals surface area contributed by atoms with Crippen molar-refractivity contribution in [3.05, 3.63) is 70.2 Å². The Bertz CT molecular complexity index is 1610. The number of sulfonamides is 1. The Balaban J connectivity index is 1.41. The second-order valence-electron chi connectivity index (χ2n) is 8.46. The highest BCUT2D eigenvalue weighted by atomic mass is 32.2. The first-order chi connectivity index (χ1) is 16.4. The van der Waals surface area contributed by atoms with Crippen molar-refractivity contribution < 1.29 is 27.0 Å². The lowest BCUT2D eigenvalue weighted by atomic mass is 10.1. The number of nitrogens with zero attached hydrogens (tertiary/aromatic N) is 2. The van der Waals surface area contributed by atoms with E-state index < -0.39 is 10.0 Å². The van der Waals surface area contributed by atoms with Crippen molar-refractivity contribution >= 4 is 33.2 Å². The van der Waals surface area contributed by atoms with Gasteiger partial charge in [0.15, 0.2) is 17.7 Å². The molecule has 9 heteroatoms. The SMILES string of the molecule is Cc1ccc(S(=O)(=O)[N+]2=CC3=c4c2c(O)c(NCc2ccc5c(c2)OCO5)cc4=NCC3)cc1. The number of fused-ring (bicyclic) bond motifs is 1. The topological polar surface area (TPSA) is 100 Å². The van der Waals surface area contributed by atoms with Crippen molar-refractivity contribution in [3.8, 4) is 17.2 Å². The predicted octanol–water partition coefficient (Wildman–Crippen LogP) is 2.33. The first kappa shape index (κ1) is 20.7. The molecule has 0 bridgehead atoms. The van der Waals surface area contributed by atoms with Crippen molar-refractivity contribution in [2.75, 3.05) is 18.7 Å². The minimum Gasteiger partial charge on any atom is -0.501 e. The second-order valence-corrected chi connectivity index (χ2v) is 10.3. The van der Waals surface area contributed by atoms with E-state index in [1.165, 1.54) is 3.98 Å². The fourth-order valence-corrected chi connectivity index (χ4v) is 5.84. The average molecular weight is 477 g/mol. The molecule has 3 aromatic rings. The number of phenols is 1. The fourth-order valence-electron chi connectivity index (χ4n) is 4.45. The summed E-state index contributed by atoms with van der Waals surface area (Å²) in [5.74, 6) is 1.24. The lowest BCUT2D eigenvalue weighted by Gasteiger charge is -2.12. The van der Waals surface area contributed by atoms with Crippen LogP contribution in [0.25, 0.3) is 5.57 Å². The number of hydrogen-bond donors (Lipinski definition) is 2. The number of phenolic OH excluding ortho intramolecular Hbond substituents is 1. The van der Waals surface area contributed by atoms with Gasteiger partial charge in [0.2, 0.25) is 12.5 Å². The molecule has 3 aliphatic heterocycles. The van der Waals surface area contributed by atoms with Crippen LogP contribution in [0, 0.1) is 6.92 Å². The average Bonchev–Trinajstić information content (AvgIpc) is 3.46. The first-order valence-electron chi connectivity index (χ1n) is 10.9. The summed E-state index contributed by atoms with van der Waals surface area (Å²) in [6.45, 7) is 3.06. The van der Waals surface area contributed by atoms with Gasteiger partial charge in [0.05, 0.1) is 16.3 Å². The third-order valence-corrected chi connectivity index (χ3v) is 7.90. The van der Waals surface area contributed by atoms with Crippen LogP contribution in [0.5, 0.6) is 17.2 Å². The largest absolute Gasteiger partial charge is 0.501 e. The van der Waals surface area contributed by atoms with Crippen LogP contribution in [0.15, 0.2) is 58.4 Å². The van der Waals surface area contributed by atoms with E-state index in [9.17, 15) is 13.5 Å². The van der Waals surface area contributed by atoms with E-state index in [1.54, 1.807) is 36.5 Å². The summed E-state index contributed by atoms with van der Waals surface area (Å²) in [6, 6.07) is 14.1. The van der Waals surface area contributed by atoms with E-state index in [0.717, 1.165) is 16.7 Å². The van der Waals surface area contributed by atoms with Gasteiger partial charge in [0.1, 0.15) is 4.90 Å². The summed E-state index contributed by atoms with van der Waals surface area (Å²) >= 11 is 0. The molecule has 0 amide bonds. The lowest BCUT2D eigenvalue weighted by molar-refractivity contribution is -0.253. The molecule has 0 radical (unpaired) electrons. The van der Waals surface area contributed by atoms with Crippen LogP contribution >= 0.6 is 0 Å². The number of anilines is 1. The Kier molecular flexibility index (Phi) is 4.63. The summed E-state index contributed by atoms with van der Waals surface area (Å²) in [4.78, 5) is 4.76. The molecule has 0 aromatic heterocycles. The molecule has 0 fully saturated rings. The molecular formula is C25H22N3O5S+. The molecule has 0 aliphatic carbocycles. The molecule has 2 N–H and O–H groups in total. The molecule has 3 heterocycles. The Morgan fingerprint density at radius 1 is 1.09 bits per heavy atom. The first-order valence-corrected chi connectivity index (χ1v) is 12.4. The highest BCUT2D eigenvalue weighted by Crippen LogP contribution is 2.37. The molecule has 172 valence electrons. The number of ether oxygens (including phenoxy) is 2. The molecule has 0 unspecified atom stereocenters. The monoisotopic (exact) mass is 476 g/mol. The van der Waals surface area contributed by atoms with Gasteiger partial charge >= 0.3 is 10.0 Å². The van der Waals surface area contributed by atoms with Crippen molar-refractivity contribution in [1.82, 2.24) is 0 Å². The van der Waals surface area contributed by atoms with Gasteiger partial charge in [-0.2, -0.15) is 8.42 Å². The van der Waals surface area contributed by atoms with Crippen molar-refractivity contribution in [2.45, 2.75) is 24.8 Å². The van der Waals surface area contributed by atoms with Crippen LogP contribution < -0.4 is 25.4 Å². The van der Waals surface area contributed by atoms with E-state index in [1.807, 2.05) is 25.1 Å². The van der Waals surface area contributed by atoms with Gasteiger partial charge in [-0.05, 0) is 49.2 Å². The summed E-state index contributed by atoms with van der Waals surface area (Å²) < 4.78 is 39.1. The third-order valence-electron chi connectivity index (χ3n) is 6.23. The molecule has 6 rings (SSSR count). The minimum absolute atomic E-state index is 0.126. The number of nitrogens with one attached hydrogen (secondary N) is 1. The van der Waals surface area contributed by atoms with Crippen LogP contribution in [0.4, 0.5) is 11.4 Å². The number of hydrogen-bond acceptors (Lipinski definition) is 7. The highest BCUT2D eigenvalue weighted by molar-refractivity contribution is 7.85. The molecule has 0 saturated carbocycles. The number of benzene rings is 3. The molecule has 8 nitrogen and oxygen atoms in total. The summed E-state index contributed by atoms with van der Waals surface area (Å²) in [5.41, 5.74) is 3.40. The smallest absolute Gasteiger partial charge is 0.400 e. The summed E-state index contributed by atoms with van der Waals surface area (Å²) in [5, 5.41) is 15.8. The zero-order valence-electron chi connectivity index (χ0n) is 18.4. The third kappa shape index (κ3) is 3.23. The van der Waals surface area contributed by atoms with Gasteiger partial charge in [0, 0.05) is 18.7 Å². The zero-order valence-corrected chi connectivity index (χ0v) is 19.2. The molecule has 34 heavy (non-hydrogen) atoms. The number of aromatic hydroxyl groups is 1. The Morgan fingerprint density at radius 3 is 2.71 bits per heavy atom. The van der Waals surface area contributed by atoms with E-state index >= 15 is 0 Å². The molecule has 3 aliphatic rings. The quantitative estimate of drug-likeness (QED) is 0.433. The van der Waals surface area contributed by atoms with Gasteiger partial charge in [-0.25, -0.2) is 0 Å². The van der Waals surface area contributed by atoms with Gasteiger partial charge in [-0.1, -0.05) is 27.7 Å². The molecule has 0 spiro atoms. The van der Waals surface area contributed by atoms with E-state index in [4.69, 9.17) is 9.47 Å². The predicted molar refractivity (Wildman–Crippen MR) is 126 cm³/mol. The molecule has 0 saturated heterocycles. The number of rotatable bonds is 5. The van der Waals surface area contributed by atoms with Gasteiger partial charge < -0.3 is 19.9 Å². The highest BCUT2D eigenvalue weighted by Gasteiger charge is 2.39. The zero-order chi connectivity index (χ0) is 23.4. The second kappa shape index (κ2) is 7.59. The minimum atomic E-state index is -3.92. The Morgan fingerprint density at radius 2 is 1.88 bits per heavy atom. The Labute approximate surface area is 196 Å². The number of aryl methyl sites for hydroxylation is 1. The summed E-state index contributed by atoms with van der Waals surface area (Å²) in [7, 11) is -3.92. The fraction of sp³-hybridized carbons (Fsp3) is 0.200. The van der Waals surface area contributed by atoms with Gasteiger partial charge in [-0.15, -0.1) is 0 Å². The Hall–Kier alpha value is -3.85. The molecule has 0 atom stereocenters. The van der Waals surface area contributed by atoms with Gasteiger partial charge in [-0.3, -0.25) is 4.99 Å². The molecular weight excluding hydrogens is 454 g/mol. The standard InChI is InChI=1S/C25H21N3O5S/c1-15-2-5-18(6-3-15)34(30,31)28-13-17-8-9-26-19-11-20(25(29)24(28)23(17)19)27-12-16-4-7-21-22(10-16)33-14-32-21/h2-7,10-11,13H,8-9,12,14H2,1H3,(H,26,27)/p+1. The van der Waals surface area contributed by atoms with E-state index in [2.05, 4.69) is 10.3 Å². The van der Waals surface area contributed by atoms with Crippen LogP contribution in [0.1, 0.15) is 17.5 Å². The van der Waals surface area contributed by atoms with Gasteiger partial charge in [0.25, 0.3) is 5.69 Å². The van der Waals surface area contributed by atoms with E-state index in [0.29, 0.717) is 47.3 Å². The van der Waals surface area contributed by atoms with Crippen molar-refractivity contribution in [1.29, 1.82) is 0 Å². The molecule has 3 aromatic carbocycles. The summed E-state index contributed by atoms with van der Waals surface area (Å²) in [6.07, 6.45) is 2.22. The van der Waals surface area contributed by atoms with Crippen LogP contribution in [0.2, 0.25) is 0 Å². The maximum absolute atomic E-state index is 13.5. The lowest BCUT2D eigenvalue weighted by Crippen LogP contribution is -2.32.